The van der Waals surface area contributed by atoms with Crippen LogP contribution in [0.25, 0.3) is 0 Å². The largest absolute Gasteiger partial charge is 0.379 e. The number of carbonyl (C=O) groups excluding carboxylic acids is 1. The molecule has 1 aromatic carbocycles. The highest BCUT2D eigenvalue weighted by Crippen LogP contribution is 2.30. The molecule has 2 aliphatic rings. The van der Waals surface area contributed by atoms with E-state index in [-0.39, 0.29) is 22.3 Å². The summed E-state index contributed by atoms with van der Waals surface area (Å²) in [6.07, 6.45) is 0. The molecule has 0 spiro atoms. The lowest BCUT2D eigenvalue weighted by molar-refractivity contribution is -0.114. The number of ether oxygens (including phenoxy) is 1. The number of hydrogen-bond acceptors (Lipinski definition) is 7. The molecule has 2 saturated heterocycles. The Morgan fingerprint density at radius 2 is 1.77 bits per heavy atom. The van der Waals surface area contributed by atoms with Crippen LogP contribution >= 0.6 is 0 Å². The van der Waals surface area contributed by atoms with E-state index in [1.165, 1.54) is 31.2 Å². The van der Waals surface area contributed by atoms with Crippen LogP contribution in [0.4, 0.5) is 5.69 Å². The third kappa shape index (κ3) is 4.08. The van der Waals surface area contributed by atoms with Crippen molar-refractivity contribution in [1.82, 2.24) is 4.90 Å². The Kier molecular flexibility index (Phi) is 5.38. The third-order valence-electron chi connectivity index (χ3n) is 4.69. The van der Waals surface area contributed by atoms with E-state index in [9.17, 15) is 21.6 Å². The van der Waals surface area contributed by atoms with E-state index in [1.807, 2.05) is 4.90 Å². The van der Waals surface area contributed by atoms with Gasteiger partial charge in [0.05, 0.1) is 34.9 Å². The fourth-order valence-electron chi connectivity index (χ4n) is 3.45. The summed E-state index contributed by atoms with van der Waals surface area (Å²) in [5.74, 6) is -0.777. The van der Waals surface area contributed by atoms with Crippen LogP contribution in [0.2, 0.25) is 0 Å². The maximum Gasteiger partial charge on any atom is 0.221 e. The first-order valence-corrected chi connectivity index (χ1v) is 11.7. The second kappa shape index (κ2) is 7.26. The van der Waals surface area contributed by atoms with Gasteiger partial charge in [-0.1, -0.05) is 0 Å². The highest BCUT2D eigenvalue weighted by atomic mass is 32.2. The van der Waals surface area contributed by atoms with Crippen LogP contribution in [0.5, 0.6) is 0 Å². The smallest absolute Gasteiger partial charge is 0.221 e. The van der Waals surface area contributed by atoms with Crippen molar-refractivity contribution in [3.8, 4) is 0 Å². The predicted molar refractivity (Wildman–Crippen MR) is 96.6 cm³/mol. The lowest BCUT2D eigenvalue weighted by Gasteiger charge is -2.34. The lowest BCUT2D eigenvalue weighted by Crippen LogP contribution is -2.50. The quantitative estimate of drug-likeness (QED) is 0.750. The Hall–Kier alpha value is -1.49. The first-order chi connectivity index (χ1) is 12.2. The van der Waals surface area contributed by atoms with Gasteiger partial charge in [-0.25, -0.2) is 16.8 Å². The highest BCUT2D eigenvalue weighted by molar-refractivity contribution is 7.96. The molecule has 26 heavy (non-hydrogen) atoms. The number of anilines is 1. The van der Waals surface area contributed by atoms with Gasteiger partial charge in [-0.2, -0.15) is 0 Å². The average molecular weight is 402 g/mol. The van der Waals surface area contributed by atoms with Crippen molar-refractivity contribution >= 4 is 31.3 Å². The summed E-state index contributed by atoms with van der Waals surface area (Å²) < 4.78 is 55.8. The maximum atomic E-state index is 13.1. The molecule has 8 nitrogen and oxygen atoms in total. The number of sulfone groups is 2. The summed E-state index contributed by atoms with van der Waals surface area (Å²) in [5, 5.41) is 1.57. The molecule has 2 atom stereocenters. The van der Waals surface area contributed by atoms with Gasteiger partial charge in [-0.3, -0.25) is 9.69 Å². The van der Waals surface area contributed by atoms with Crippen LogP contribution in [0.1, 0.15) is 6.92 Å². The van der Waals surface area contributed by atoms with Crippen molar-refractivity contribution < 1.29 is 26.4 Å². The summed E-state index contributed by atoms with van der Waals surface area (Å²) in [6.45, 7) is 3.34. The molecule has 0 aliphatic carbocycles. The van der Waals surface area contributed by atoms with Crippen molar-refractivity contribution in [2.24, 2.45) is 0 Å². The number of benzene rings is 1. The molecule has 1 N–H and O–H groups in total. The zero-order valence-electron chi connectivity index (χ0n) is 14.4. The first-order valence-electron chi connectivity index (χ1n) is 8.33. The molecule has 0 bridgehead atoms. The van der Waals surface area contributed by atoms with Crippen LogP contribution in [-0.2, 0) is 29.2 Å². The molecule has 2 aliphatic heterocycles. The zero-order valence-corrected chi connectivity index (χ0v) is 16.1. The molecule has 2 fully saturated rings. The van der Waals surface area contributed by atoms with E-state index in [0.717, 1.165) is 0 Å². The van der Waals surface area contributed by atoms with E-state index >= 15 is 0 Å². The second-order valence-electron chi connectivity index (χ2n) is 6.58. The van der Waals surface area contributed by atoms with Crippen LogP contribution in [-0.4, -0.2) is 76.7 Å². The minimum Gasteiger partial charge on any atom is -0.379 e. The Morgan fingerprint density at radius 1 is 1.15 bits per heavy atom. The van der Waals surface area contributed by atoms with Crippen molar-refractivity contribution in [3.63, 3.8) is 0 Å². The Labute approximate surface area is 153 Å². The van der Waals surface area contributed by atoms with Gasteiger partial charge in [0.15, 0.2) is 19.7 Å². The molecule has 2 heterocycles. The molecule has 0 radical (unpaired) electrons. The van der Waals surface area contributed by atoms with E-state index < -0.39 is 31.0 Å². The molecular formula is C16H22N2O6S2. The number of amides is 1. The van der Waals surface area contributed by atoms with Crippen molar-refractivity contribution in [2.75, 3.05) is 43.1 Å². The van der Waals surface area contributed by atoms with Gasteiger partial charge in [-0.05, 0) is 24.3 Å². The van der Waals surface area contributed by atoms with Gasteiger partial charge >= 0.3 is 0 Å². The molecule has 0 aromatic heterocycles. The van der Waals surface area contributed by atoms with Gasteiger partial charge < -0.3 is 10.1 Å². The topological polar surface area (TPSA) is 110 Å². The fourth-order valence-corrected chi connectivity index (χ4v) is 8.28. The summed E-state index contributed by atoms with van der Waals surface area (Å²) in [6, 6.07) is 5.25. The van der Waals surface area contributed by atoms with E-state index in [2.05, 4.69) is 5.32 Å². The van der Waals surface area contributed by atoms with E-state index in [0.29, 0.717) is 32.0 Å². The Bertz CT molecular complexity index is 874. The van der Waals surface area contributed by atoms with Gasteiger partial charge in [-0.15, -0.1) is 0 Å². The molecular weight excluding hydrogens is 380 g/mol. The fraction of sp³-hybridized carbons (Fsp3) is 0.562. The van der Waals surface area contributed by atoms with Gasteiger partial charge in [0, 0.05) is 31.7 Å². The molecule has 10 heteroatoms. The molecule has 144 valence electrons. The normalized spacial score (nSPS) is 26.5. The van der Waals surface area contributed by atoms with Crippen molar-refractivity contribution in [2.45, 2.75) is 23.1 Å². The maximum absolute atomic E-state index is 13.1. The lowest BCUT2D eigenvalue weighted by atomic mass is 10.2. The van der Waals surface area contributed by atoms with Gasteiger partial charge in [0.2, 0.25) is 5.91 Å². The third-order valence-corrected chi connectivity index (χ3v) is 8.82. The minimum absolute atomic E-state index is 0.0620. The summed E-state index contributed by atoms with van der Waals surface area (Å²) in [7, 11) is -7.26. The monoisotopic (exact) mass is 402 g/mol. The zero-order chi connectivity index (χ0) is 18.9. The number of hydrogen-bond donors (Lipinski definition) is 1. The standard InChI is InChI=1S/C16H22N2O6S2/c1-12(19)17-13-2-4-14(5-3-13)26(22,23)16-11-25(20,21)10-15(16)18-6-8-24-9-7-18/h2-5,15-16H,6-11H2,1H3,(H,17,19)/t15-,16-/m1/s1. The van der Waals surface area contributed by atoms with Crippen LogP contribution in [0, 0.1) is 0 Å². The molecule has 0 unspecified atom stereocenters. The SMILES string of the molecule is CC(=O)Nc1ccc(S(=O)(=O)[C@@H]2CS(=O)(=O)C[C@H]2N2CCOCC2)cc1. The van der Waals surface area contributed by atoms with Gasteiger partial charge in [0.1, 0.15) is 0 Å². The van der Waals surface area contributed by atoms with Gasteiger partial charge in [0.25, 0.3) is 0 Å². The number of carbonyl (C=O) groups is 1. The van der Waals surface area contributed by atoms with Crippen molar-refractivity contribution in [1.29, 1.82) is 0 Å². The second-order valence-corrected chi connectivity index (χ2v) is 10.9. The number of morpholine rings is 1. The Morgan fingerprint density at radius 3 is 2.35 bits per heavy atom. The van der Waals surface area contributed by atoms with Crippen LogP contribution in [0.15, 0.2) is 29.2 Å². The highest BCUT2D eigenvalue weighted by Gasteiger charge is 2.48. The van der Waals surface area contributed by atoms with Crippen molar-refractivity contribution in [3.05, 3.63) is 24.3 Å². The van der Waals surface area contributed by atoms with Crippen LogP contribution in [0.3, 0.4) is 0 Å². The predicted octanol–water partition coefficient (Wildman–Crippen LogP) is -0.0835. The molecule has 1 amide bonds. The molecule has 0 saturated carbocycles. The molecule has 1 aromatic rings. The molecule has 3 rings (SSSR count). The van der Waals surface area contributed by atoms with E-state index in [1.54, 1.807) is 0 Å². The minimum atomic E-state index is -3.83. The van der Waals surface area contributed by atoms with Crippen LogP contribution < -0.4 is 5.32 Å². The number of nitrogens with zero attached hydrogens (tertiary/aromatic N) is 1. The summed E-state index contributed by atoms with van der Waals surface area (Å²) >= 11 is 0. The Balaban J connectivity index is 1.89. The first kappa shape index (κ1) is 19.3. The average Bonchev–Trinajstić information content (AvgIpc) is 2.92. The summed E-state index contributed by atoms with van der Waals surface area (Å²) in [4.78, 5) is 13.0. The number of nitrogens with one attached hydrogen (secondary N) is 1. The summed E-state index contributed by atoms with van der Waals surface area (Å²) in [5.41, 5.74) is 0.486. The number of rotatable bonds is 4. The van der Waals surface area contributed by atoms with E-state index in [4.69, 9.17) is 4.74 Å².